The highest BCUT2D eigenvalue weighted by molar-refractivity contribution is 7.99. The molecule has 1 unspecified atom stereocenters. The first-order valence-corrected chi connectivity index (χ1v) is 13.0. The molecule has 0 amide bonds. The summed E-state index contributed by atoms with van der Waals surface area (Å²) < 4.78 is 22.8. The van der Waals surface area contributed by atoms with Crippen molar-refractivity contribution in [3.8, 4) is 0 Å². The number of nitrogens with zero attached hydrogens (tertiary/aromatic N) is 3. The monoisotopic (exact) mass is 446 g/mol. The molecule has 1 atom stereocenters. The molecule has 164 valence electrons. The second kappa shape index (κ2) is 10.7. The summed E-state index contributed by atoms with van der Waals surface area (Å²) in [5, 5.41) is 0.944. The molecular formula is C19H33N3O5PS+. The van der Waals surface area contributed by atoms with Crippen LogP contribution in [0.1, 0.15) is 51.1 Å². The number of quaternary nitrogens is 1. The average molecular weight is 447 g/mol. The summed E-state index contributed by atoms with van der Waals surface area (Å²) in [5.74, 6) is 1.53. The second-order valence-electron chi connectivity index (χ2n) is 8.12. The van der Waals surface area contributed by atoms with Gasteiger partial charge in [-0.1, -0.05) is 26.2 Å². The Kier molecular flexibility index (Phi) is 8.51. The predicted molar refractivity (Wildman–Crippen MR) is 111 cm³/mol. The van der Waals surface area contributed by atoms with Crippen LogP contribution in [0, 0.1) is 5.92 Å². The molecule has 2 bridgehead atoms. The van der Waals surface area contributed by atoms with Crippen LogP contribution < -0.4 is 0 Å². The highest BCUT2D eigenvalue weighted by atomic mass is 32.2. The van der Waals surface area contributed by atoms with Gasteiger partial charge in [-0.3, -0.25) is 9.47 Å². The van der Waals surface area contributed by atoms with E-state index in [2.05, 4.69) is 16.9 Å². The molecule has 0 aromatic carbocycles. The zero-order valence-electron chi connectivity index (χ0n) is 17.1. The van der Waals surface area contributed by atoms with Gasteiger partial charge in [0.1, 0.15) is 17.7 Å². The van der Waals surface area contributed by atoms with E-state index in [4.69, 9.17) is 19.0 Å². The van der Waals surface area contributed by atoms with Gasteiger partial charge in [0.2, 0.25) is 0 Å². The number of unbranched alkanes of at least 4 members (excludes halogenated alkanes) is 3. The van der Waals surface area contributed by atoms with Gasteiger partial charge in [-0.15, -0.1) is 11.8 Å². The molecule has 1 aromatic heterocycles. The van der Waals surface area contributed by atoms with E-state index in [0.717, 1.165) is 48.9 Å². The number of fused-ring (bicyclic) bond motifs is 3. The molecule has 10 heteroatoms. The van der Waals surface area contributed by atoms with E-state index in [1.54, 1.807) is 24.2 Å². The molecule has 1 aromatic rings. The first-order valence-electron chi connectivity index (χ1n) is 10.5. The van der Waals surface area contributed by atoms with Gasteiger partial charge in [-0.2, -0.15) is 0 Å². The number of ether oxygens (including phenoxy) is 1. The van der Waals surface area contributed by atoms with Gasteiger partial charge >= 0.3 is 7.82 Å². The fourth-order valence-electron chi connectivity index (χ4n) is 4.25. The quantitative estimate of drug-likeness (QED) is 0.218. The van der Waals surface area contributed by atoms with Crippen molar-refractivity contribution < 1.29 is 28.1 Å². The van der Waals surface area contributed by atoms with Crippen molar-refractivity contribution in [2.45, 2.75) is 63.2 Å². The van der Waals surface area contributed by atoms with Gasteiger partial charge in [-0.05, 0) is 12.2 Å². The Morgan fingerprint density at radius 3 is 2.69 bits per heavy atom. The van der Waals surface area contributed by atoms with Crippen molar-refractivity contribution in [1.29, 1.82) is 0 Å². The number of phosphoric ester groups is 1. The summed E-state index contributed by atoms with van der Waals surface area (Å²) in [6, 6.07) is 0. The second-order valence-corrected chi connectivity index (χ2v) is 10.4. The number of rotatable bonds is 12. The van der Waals surface area contributed by atoms with Crippen molar-refractivity contribution >= 4 is 19.6 Å². The summed E-state index contributed by atoms with van der Waals surface area (Å²) >= 11 is 1.75. The minimum atomic E-state index is -4.46. The van der Waals surface area contributed by atoms with Gasteiger partial charge in [0.25, 0.3) is 0 Å². The largest absolute Gasteiger partial charge is 0.474 e. The van der Waals surface area contributed by atoms with Gasteiger partial charge in [0, 0.05) is 31.2 Å². The summed E-state index contributed by atoms with van der Waals surface area (Å²) in [4.78, 5) is 27.1. The Bertz CT molecular complexity index is 696. The van der Waals surface area contributed by atoms with Crippen LogP contribution in [0.2, 0.25) is 0 Å². The first-order chi connectivity index (χ1) is 13.9. The minimum absolute atomic E-state index is 0.0425. The van der Waals surface area contributed by atoms with Crippen LogP contribution in [0.4, 0.5) is 0 Å². The zero-order chi connectivity index (χ0) is 20.7. The number of hydrogen-bond donors (Lipinski definition) is 2. The van der Waals surface area contributed by atoms with E-state index >= 15 is 0 Å². The average Bonchev–Trinajstić information content (AvgIpc) is 2.72. The molecule has 2 N–H and O–H groups in total. The first kappa shape index (κ1) is 23.1. The standard InChI is InChI=1S/C19H32N3O5PS/c1-2-3-4-5-12-29-19-17(20-8-9-21-19)14-26-18-13-22(15-27-28(23,24)25)10-6-16(18)7-11-22/h8-9,16,18H,2-7,10-15H2,1H3,(H-,23,24,25)/p+1. The molecule has 3 aliphatic rings. The van der Waals surface area contributed by atoms with Crippen LogP contribution in [0.25, 0.3) is 0 Å². The zero-order valence-corrected chi connectivity index (χ0v) is 18.8. The summed E-state index contributed by atoms with van der Waals surface area (Å²) in [5.41, 5.74) is 0.877. The van der Waals surface area contributed by atoms with E-state index in [9.17, 15) is 4.57 Å². The maximum absolute atomic E-state index is 11.1. The van der Waals surface area contributed by atoms with E-state index in [1.807, 2.05) is 0 Å². The summed E-state index contributed by atoms with van der Waals surface area (Å²) in [7, 11) is -4.46. The van der Waals surface area contributed by atoms with Crippen LogP contribution in [0.3, 0.4) is 0 Å². The highest BCUT2D eigenvalue weighted by Gasteiger charge is 2.47. The van der Waals surface area contributed by atoms with E-state index in [-0.39, 0.29) is 12.8 Å². The van der Waals surface area contributed by atoms with Crippen molar-refractivity contribution in [2.24, 2.45) is 5.92 Å². The lowest BCUT2D eigenvalue weighted by Crippen LogP contribution is -2.64. The Morgan fingerprint density at radius 1 is 1.21 bits per heavy atom. The fourth-order valence-corrected chi connectivity index (χ4v) is 5.60. The van der Waals surface area contributed by atoms with E-state index < -0.39 is 7.82 Å². The maximum Gasteiger partial charge on any atom is 0.474 e. The fraction of sp³-hybridized carbons (Fsp3) is 0.789. The molecular weight excluding hydrogens is 413 g/mol. The van der Waals surface area contributed by atoms with Crippen molar-refractivity contribution in [1.82, 2.24) is 9.97 Å². The molecule has 3 fully saturated rings. The van der Waals surface area contributed by atoms with Crippen molar-refractivity contribution in [3.63, 3.8) is 0 Å². The van der Waals surface area contributed by atoms with Crippen LogP contribution >= 0.6 is 19.6 Å². The molecule has 0 aliphatic carbocycles. The van der Waals surface area contributed by atoms with Gasteiger partial charge < -0.3 is 14.5 Å². The SMILES string of the molecule is CCCCCCSc1nccnc1COC1C[N+]2(COP(=O)(O)O)CCC1CC2. The third kappa shape index (κ3) is 6.99. The third-order valence-corrected chi connectivity index (χ3v) is 7.51. The molecule has 0 saturated carbocycles. The lowest BCUT2D eigenvalue weighted by molar-refractivity contribution is -0.960. The highest BCUT2D eigenvalue weighted by Crippen LogP contribution is 2.41. The smallest absolute Gasteiger partial charge is 0.366 e. The third-order valence-electron chi connectivity index (χ3n) is 5.95. The Balaban J connectivity index is 1.53. The van der Waals surface area contributed by atoms with Gasteiger partial charge in [0.15, 0.2) is 6.73 Å². The molecule has 3 saturated heterocycles. The van der Waals surface area contributed by atoms with Gasteiger partial charge in [-0.25, -0.2) is 14.1 Å². The molecule has 4 rings (SSSR count). The lowest BCUT2D eigenvalue weighted by Gasteiger charge is -2.51. The molecule has 3 aliphatic heterocycles. The van der Waals surface area contributed by atoms with Crippen molar-refractivity contribution in [3.05, 3.63) is 18.1 Å². The van der Waals surface area contributed by atoms with E-state index in [1.165, 1.54) is 25.7 Å². The topological polar surface area (TPSA) is 102 Å². The lowest BCUT2D eigenvalue weighted by atomic mass is 9.84. The molecule has 29 heavy (non-hydrogen) atoms. The number of aromatic nitrogens is 2. The molecule has 0 radical (unpaired) electrons. The number of hydrogen-bond acceptors (Lipinski definition) is 6. The normalized spacial score (nSPS) is 26.7. The van der Waals surface area contributed by atoms with Crippen LogP contribution in [0.15, 0.2) is 17.4 Å². The maximum atomic E-state index is 11.1. The van der Waals surface area contributed by atoms with Gasteiger partial charge in [0.05, 0.1) is 25.4 Å². The Hall–Kier alpha value is -0.540. The minimum Gasteiger partial charge on any atom is -0.366 e. The van der Waals surface area contributed by atoms with Crippen LogP contribution in [-0.4, -0.2) is 62.5 Å². The van der Waals surface area contributed by atoms with E-state index in [0.29, 0.717) is 17.0 Å². The Labute approximate surface area is 177 Å². The number of piperidine rings is 3. The van der Waals surface area contributed by atoms with Crippen LogP contribution in [0.5, 0.6) is 0 Å². The van der Waals surface area contributed by atoms with Crippen LogP contribution in [-0.2, 0) is 20.4 Å². The number of thioether (sulfide) groups is 1. The molecule has 4 heterocycles. The summed E-state index contributed by atoms with van der Waals surface area (Å²) in [6.45, 7) is 5.17. The number of phosphoric acid groups is 1. The van der Waals surface area contributed by atoms with Crippen molar-refractivity contribution in [2.75, 3.05) is 32.1 Å². The predicted octanol–water partition coefficient (Wildman–Crippen LogP) is 3.34. The Morgan fingerprint density at radius 2 is 1.97 bits per heavy atom. The summed E-state index contributed by atoms with van der Waals surface area (Å²) in [6.07, 6.45) is 10.4. The molecule has 8 nitrogen and oxygen atoms in total. The molecule has 0 spiro atoms.